The van der Waals surface area contributed by atoms with Crippen molar-refractivity contribution in [2.75, 3.05) is 44.2 Å². The Labute approximate surface area is 233 Å². The van der Waals surface area contributed by atoms with Crippen LogP contribution in [0.5, 0.6) is 0 Å². The van der Waals surface area contributed by atoms with E-state index in [0.29, 0.717) is 24.5 Å². The molecule has 2 heterocycles. The number of hydrogen-bond acceptors (Lipinski definition) is 4. The highest BCUT2D eigenvalue weighted by Crippen LogP contribution is 2.37. The van der Waals surface area contributed by atoms with Crippen LogP contribution in [0.3, 0.4) is 0 Å². The number of carbonyl (C=O) groups excluding carboxylic acids is 1. The minimum absolute atomic E-state index is 0.0560. The topological polar surface area (TPSA) is 60.9 Å². The third-order valence-electron chi connectivity index (χ3n) is 8.44. The zero-order valence-electron chi connectivity index (χ0n) is 23.2. The van der Waals surface area contributed by atoms with E-state index >= 15 is 0 Å². The summed E-state index contributed by atoms with van der Waals surface area (Å²) in [6.45, 7) is 9.71. The van der Waals surface area contributed by atoms with Crippen LogP contribution in [-0.4, -0.2) is 62.8 Å². The van der Waals surface area contributed by atoms with E-state index in [4.69, 9.17) is 0 Å². The average molecular weight is 546 g/mol. The molecule has 2 aliphatic rings. The summed E-state index contributed by atoms with van der Waals surface area (Å²) < 4.78 is 28.9. The molecule has 2 atom stereocenters. The fraction of sp³-hybridized carbons (Fsp3) is 0.406. The van der Waals surface area contributed by atoms with Crippen LogP contribution >= 0.6 is 0 Å². The van der Waals surface area contributed by atoms with E-state index in [1.807, 2.05) is 47.4 Å². The summed E-state index contributed by atoms with van der Waals surface area (Å²) in [6.07, 6.45) is 1.94. The summed E-state index contributed by atoms with van der Waals surface area (Å²) in [6, 6.07) is 23.5. The zero-order valence-corrected chi connectivity index (χ0v) is 24.0. The molecule has 2 saturated heterocycles. The van der Waals surface area contributed by atoms with E-state index in [1.165, 1.54) is 21.1 Å². The summed E-state index contributed by atoms with van der Waals surface area (Å²) in [5.41, 5.74) is 5.92. The minimum atomic E-state index is -3.71. The summed E-state index contributed by atoms with van der Waals surface area (Å²) >= 11 is 0. The first-order valence-electron chi connectivity index (χ1n) is 14.0. The second-order valence-electron chi connectivity index (χ2n) is 10.9. The lowest BCUT2D eigenvalue weighted by Crippen LogP contribution is -2.51. The van der Waals surface area contributed by atoms with Crippen molar-refractivity contribution < 1.29 is 13.2 Å². The van der Waals surface area contributed by atoms with Gasteiger partial charge >= 0.3 is 0 Å². The smallest absolute Gasteiger partial charge is 0.243 e. The van der Waals surface area contributed by atoms with E-state index in [0.717, 1.165) is 37.1 Å². The zero-order chi connectivity index (χ0) is 27.6. The quantitative estimate of drug-likeness (QED) is 0.419. The van der Waals surface area contributed by atoms with Gasteiger partial charge in [0.2, 0.25) is 15.9 Å². The number of aryl methyl sites for hydroxylation is 2. The van der Waals surface area contributed by atoms with E-state index in [9.17, 15) is 13.2 Å². The highest BCUT2D eigenvalue weighted by molar-refractivity contribution is 7.89. The Bertz CT molecular complexity index is 1400. The van der Waals surface area contributed by atoms with E-state index in [1.54, 1.807) is 12.1 Å². The molecular weight excluding hydrogens is 506 g/mol. The Balaban J connectivity index is 1.34. The fourth-order valence-corrected chi connectivity index (χ4v) is 7.49. The summed E-state index contributed by atoms with van der Waals surface area (Å²) in [5, 5.41) is 0. The first-order chi connectivity index (χ1) is 18.8. The van der Waals surface area contributed by atoms with Gasteiger partial charge < -0.3 is 9.80 Å². The van der Waals surface area contributed by atoms with Crippen LogP contribution in [0.15, 0.2) is 77.7 Å². The lowest BCUT2D eigenvalue weighted by atomic mass is 9.88. The van der Waals surface area contributed by atoms with Gasteiger partial charge in [-0.1, -0.05) is 67.9 Å². The molecule has 0 bridgehead atoms. The van der Waals surface area contributed by atoms with Crippen molar-refractivity contribution in [3.8, 4) is 0 Å². The number of nitrogens with zero attached hydrogens (tertiary/aromatic N) is 3. The lowest BCUT2D eigenvalue weighted by Gasteiger charge is -2.38. The molecule has 206 valence electrons. The maximum atomic E-state index is 14.0. The van der Waals surface area contributed by atoms with E-state index < -0.39 is 15.9 Å². The molecule has 5 rings (SSSR count). The molecule has 39 heavy (non-hydrogen) atoms. The summed E-state index contributed by atoms with van der Waals surface area (Å²) in [5.74, 6) is -0.529. The number of benzene rings is 3. The number of amides is 1. The van der Waals surface area contributed by atoms with Crippen molar-refractivity contribution in [3.05, 3.63) is 95.1 Å². The number of carbonyl (C=O) groups is 1. The lowest BCUT2D eigenvalue weighted by molar-refractivity contribution is -0.135. The molecule has 0 saturated carbocycles. The minimum Gasteiger partial charge on any atom is -0.368 e. The maximum absolute atomic E-state index is 14.0. The van der Waals surface area contributed by atoms with Crippen molar-refractivity contribution in [3.63, 3.8) is 0 Å². The summed E-state index contributed by atoms with van der Waals surface area (Å²) in [7, 11) is -3.71. The fourth-order valence-electron chi connectivity index (χ4n) is 6.00. The Kier molecular flexibility index (Phi) is 8.10. The van der Waals surface area contributed by atoms with Crippen LogP contribution in [0.25, 0.3) is 0 Å². The molecule has 6 nitrogen and oxygen atoms in total. The Morgan fingerprint density at radius 3 is 2.21 bits per heavy atom. The van der Waals surface area contributed by atoms with Gasteiger partial charge in [0, 0.05) is 50.9 Å². The predicted octanol–water partition coefficient (Wildman–Crippen LogP) is 5.01. The molecule has 0 spiro atoms. The standard InChI is InChI=1S/C32H39N3O3S/c1-4-9-26-14-16-28(17-15-26)39(37,38)35-22-29(27-11-6-5-7-12-27)30(23-35)32(36)34-20-18-33(19-21-34)31-13-8-10-24(2)25(31)3/h5-8,10-17,29-30H,4,9,18-23H2,1-3H3. The molecule has 2 unspecified atom stereocenters. The van der Waals surface area contributed by atoms with Gasteiger partial charge in [0.1, 0.15) is 0 Å². The van der Waals surface area contributed by atoms with Crippen molar-refractivity contribution in [1.82, 2.24) is 9.21 Å². The van der Waals surface area contributed by atoms with Gasteiger partial charge in [0.25, 0.3) is 0 Å². The third kappa shape index (κ3) is 5.61. The van der Waals surface area contributed by atoms with Crippen molar-refractivity contribution in [2.45, 2.75) is 44.4 Å². The van der Waals surface area contributed by atoms with Gasteiger partial charge in [0.05, 0.1) is 10.8 Å². The molecule has 3 aromatic rings. The van der Waals surface area contributed by atoms with Gasteiger partial charge in [-0.2, -0.15) is 4.31 Å². The second kappa shape index (κ2) is 11.5. The highest BCUT2D eigenvalue weighted by Gasteiger charge is 2.45. The molecule has 7 heteroatoms. The van der Waals surface area contributed by atoms with Crippen LogP contribution in [0.4, 0.5) is 5.69 Å². The molecule has 2 fully saturated rings. The van der Waals surface area contributed by atoms with E-state index in [2.05, 4.69) is 43.9 Å². The van der Waals surface area contributed by atoms with Crippen molar-refractivity contribution in [1.29, 1.82) is 0 Å². The second-order valence-corrected chi connectivity index (χ2v) is 12.8. The number of hydrogen-bond donors (Lipinski definition) is 0. The first kappa shape index (κ1) is 27.4. The van der Waals surface area contributed by atoms with Crippen LogP contribution in [0, 0.1) is 19.8 Å². The highest BCUT2D eigenvalue weighted by atomic mass is 32.2. The predicted molar refractivity (Wildman–Crippen MR) is 157 cm³/mol. The molecule has 0 N–H and O–H groups in total. The van der Waals surface area contributed by atoms with Crippen molar-refractivity contribution >= 4 is 21.6 Å². The van der Waals surface area contributed by atoms with Crippen LogP contribution in [0.1, 0.15) is 41.5 Å². The number of rotatable bonds is 7. The van der Waals surface area contributed by atoms with Crippen LogP contribution in [-0.2, 0) is 21.2 Å². The van der Waals surface area contributed by atoms with Crippen LogP contribution in [0.2, 0.25) is 0 Å². The van der Waals surface area contributed by atoms with Gasteiger partial charge in [-0.05, 0) is 60.7 Å². The largest absolute Gasteiger partial charge is 0.368 e. The first-order valence-corrected chi connectivity index (χ1v) is 15.5. The van der Waals surface area contributed by atoms with Gasteiger partial charge in [-0.25, -0.2) is 8.42 Å². The molecule has 1 amide bonds. The number of anilines is 1. The average Bonchev–Trinajstić information content (AvgIpc) is 3.42. The molecule has 0 aliphatic carbocycles. The van der Waals surface area contributed by atoms with Crippen LogP contribution < -0.4 is 4.90 Å². The molecule has 2 aliphatic heterocycles. The summed E-state index contributed by atoms with van der Waals surface area (Å²) in [4.78, 5) is 18.6. The SMILES string of the molecule is CCCc1ccc(S(=O)(=O)N2CC(C(=O)N3CCN(c4cccc(C)c4C)CC3)C(c3ccccc3)C2)cc1. The van der Waals surface area contributed by atoms with Gasteiger partial charge in [-0.3, -0.25) is 4.79 Å². The Hall–Kier alpha value is -3.16. The monoisotopic (exact) mass is 545 g/mol. The molecule has 3 aromatic carbocycles. The Morgan fingerprint density at radius 1 is 0.846 bits per heavy atom. The van der Waals surface area contributed by atoms with Gasteiger partial charge in [0.15, 0.2) is 0 Å². The molecular formula is C32H39N3O3S. The third-order valence-corrected chi connectivity index (χ3v) is 10.3. The van der Waals surface area contributed by atoms with Gasteiger partial charge in [-0.15, -0.1) is 0 Å². The normalized spacial score (nSPS) is 20.4. The Morgan fingerprint density at radius 2 is 1.54 bits per heavy atom. The van der Waals surface area contributed by atoms with Crippen molar-refractivity contribution in [2.24, 2.45) is 5.92 Å². The molecule has 0 aromatic heterocycles. The van der Waals surface area contributed by atoms with E-state index in [-0.39, 0.29) is 18.4 Å². The maximum Gasteiger partial charge on any atom is 0.243 e. The molecule has 0 radical (unpaired) electrons. The number of sulfonamides is 1. The number of piperazine rings is 1.